The van der Waals surface area contributed by atoms with E-state index in [0.29, 0.717) is 6.42 Å². The third kappa shape index (κ3) is 3.63. The van der Waals surface area contributed by atoms with E-state index < -0.39 is 0 Å². The number of rotatable bonds is 5. The standard InChI is InChI=1S/C19H25N3O/c1-3-14-7-9-15(10-8-14)11-12-19(23)21-17-5-4-6-18-16(17)13-20-22(18)2/h7-10,13,17H,3-6,11-12H2,1-2H3,(H,21,23). The van der Waals surface area contributed by atoms with Crippen molar-refractivity contribution in [2.45, 2.75) is 51.5 Å². The van der Waals surface area contributed by atoms with Crippen molar-refractivity contribution in [3.63, 3.8) is 0 Å². The van der Waals surface area contributed by atoms with Crippen LogP contribution in [0, 0.1) is 0 Å². The van der Waals surface area contributed by atoms with Gasteiger partial charge in [0.05, 0.1) is 12.2 Å². The molecule has 1 amide bonds. The van der Waals surface area contributed by atoms with E-state index in [0.717, 1.165) is 32.1 Å². The van der Waals surface area contributed by atoms with Gasteiger partial charge in [-0.1, -0.05) is 31.2 Å². The molecule has 0 bridgehead atoms. The number of nitrogens with one attached hydrogen (secondary N) is 1. The Hall–Kier alpha value is -2.10. The van der Waals surface area contributed by atoms with Crippen LogP contribution in [-0.2, 0) is 31.1 Å². The molecule has 0 fully saturated rings. The van der Waals surface area contributed by atoms with Crippen molar-refractivity contribution in [3.05, 3.63) is 52.8 Å². The second kappa shape index (κ2) is 6.99. The lowest BCUT2D eigenvalue weighted by molar-refractivity contribution is -0.121. The first-order chi connectivity index (χ1) is 11.2. The van der Waals surface area contributed by atoms with Gasteiger partial charge in [-0.05, 0) is 43.2 Å². The summed E-state index contributed by atoms with van der Waals surface area (Å²) in [4.78, 5) is 12.3. The van der Waals surface area contributed by atoms with Crippen LogP contribution in [0.25, 0.3) is 0 Å². The second-order valence-electron chi connectivity index (χ2n) is 6.35. The highest BCUT2D eigenvalue weighted by molar-refractivity contribution is 5.76. The van der Waals surface area contributed by atoms with Crippen molar-refractivity contribution >= 4 is 5.91 Å². The molecule has 0 aliphatic heterocycles. The fourth-order valence-electron chi connectivity index (χ4n) is 3.32. The molecule has 4 nitrogen and oxygen atoms in total. The van der Waals surface area contributed by atoms with Crippen molar-refractivity contribution in [1.29, 1.82) is 0 Å². The van der Waals surface area contributed by atoms with Crippen LogP contribution in [-0.4, -0.2) is 15.7 Å². The summed E-state index contributed by atoms with van der Waals surface area (Å²) in [6, 6.07) is 8.69. The monoisotopic (exact) mass is 311 g/mol. The molecule has 1 atom stereocenters. The Morgan fingerprint density at radius 3 is 2.78 bits per heavy atom. The molecule has 0 spiro atoms. The first kappa shape index (κ1) is 15.8. The third-order valence-electron chi connectivity index (χ3n) is 4.78. The van der Waals surface area contributed by atoms with Crippen molar-refractivity contribution < 1.29 is 4.79 Å². The SMILES string of the molecule is CCc1ccc(CCC(=O)NC2CCCc3c2cnn3C)cc1. The lowest BCUT2D eigenvalue weighted by Crippen LogP contribution is -2.31. The van der Waals surface area contributed by atoms with Gasteiger partial charge in [0.2, 0.25) is 5.91 Å². The first-order valence-corrected chi connectivity index (χ1v) is 8.55. The number of carbonyl (C=O) groups is 1. The summed E-state index contributed by atoms with van der Waals surface area (Å²) in [5, 5.41) is 7.52. The maximum absolute atomic E-state index is 12.3. The molecule has 1 aromatic heterocycles. The van der Waals surface area contributed by atoms with Crippen LogP contribution >= 0.6 is 0 Å². The molecular formula is C19H25N3O. The van der Waals surface area contributed by atoms with Gasteiger partial charge in [0.25, 0.3) is 0 Å². The average Bonchev–Trinajstić information content (AvgIpc) is 2.96. The van der Waals surface area contributed by atoms with Crippen LogP contribution in [0.2, 0.25) is 0 Å². The molecule has 1 unspecified atom stereocenters. The number of benzene rings is 1. The molecule has 1 heterocycles. The highest BCUT2D eigenvalue weighted by atomic mass is 16.1. The first-order valence-electron chi connectivity index (χ1n) is 8.55. The maximum Gasteiger partial charge on any atom is 0.220 e. The van der Waals surface area contributed by atoms with Gasteiger partial charge in [-0.15, -0.1) is 0 Å². The van der Waals surface area contributed by atoms with E-state index >= 15 is 0 Å². The van der Waals surface area contributed by atoms with Crippen molar-refractivity contribution in [3.8, 4) is 0 Å². The molecule has 1 N–H and O–H groups in total. The van der Waals surface area contributed by atoms with Gasteiger partial charge < -0.3 is 5.32 Å². The molecule has 1 aliphatic rings. The molecular weight excluding hydrogens is 286 g/mol. The molecule has 23 heavy (non-hydrogen) atoms. The van der Waals surface area contributed by atoms with E-state index in [9.17, 15) is 4.79 Å². The fourth-order valence-corrected chi connectivity index (χ4v) is 3.32. The molecule has 0 radical (unpaired) electrons. The molecule has 122 valence electrons. The summed E-state index contributed by atoms with van der Waals surface area (Å²) in [6.07, 6.45) is 7.46. The third-order valence-corrected chi connectivity index (χ3v) is 4.78. The Morgan fingerprint density at radius 1 is 1.30 bits per heavy atom. The van der Waals surface area contributed by atoms with Crippen molar-refractivity contribution in [2.75, 3.05) is 0 Å². The summed E-state index contributed by atoms with van der Waals surface area (Å²) in [5.41, 5.74) is 5.02. The predicted octanol–water partition coefficient (Wildman–Crippen LogP) is 3.11. The number of hydrogen-bond donors (Lipinski definition) is 1. The van der Waals surface area contributed by atoms with E-state index in [1.807, 2.05) is 17.9 Å². The number of fused-ring (bicyclic) bond motifs is 1. The molecule has 0 saturated heterocycles. The van der Waals surface area contributed by atoms with Gasteiger partial charge in [-0.2, -0.15) is 5.10 Å². The summed E-state index contributed by atoms with van der Waals surface area (Å²) in [7, 11) is 1.98. The van der Waals surface area contributed by atoms with Crippen LogP contribution < -0.4 is 5.32 Å². The quantitative estimate of drug-likeness (QED) is 0.922. The smallest absolute Gasteiger partial charge is 0.220 e. The van der Waals surface area contributed by atoms with Gasteiger partial charge >= 0.3 is 0 Å². The van der Waals surface area contributed by atoms with E-state index in [1.165, 1.54) is 22.4 Å². The van der Waals surface area contributed by atoms with Crippen molar-refractivity contribution in [1.82, 2.24) is 15.1 Å². The fraction of sp³-hybridized carbons (Fsp3) is 0.474. The van der Waals surface area contributed by atoms with E-state index in [2.05, 4.69) is 41.6 Å². The number of aryl methyl sites for hydroxylation is 3. The molecule has 1 aromatic carbocycles. The zero-order chi connectivity index (χ0) is 16.2. The maximum atomic E-state index is 12.3. The number of carbonyl (C=O) groups excluding carboxylic acids is 1. The van der Waals surface area contributed by atoms with Gasteiger partial charge in [-0.3, -0.25) is 9.48 Å². The zero-order valence-corrected chi connectivity index (χ0v) is 14.0. The molecule has 4 heteroatoms. The normalized spacial score (nSPS) is 16.9. The number of hydrogen-bond acceptors (Lipinski definition) is 2. The Bertz CT molecular complexity index is 672. The molecule has 2 aromatic rings. The minimum absolute atomic E-state index is 0.127. The Morgan fingerprint density at radius 2 is 2.04 bits per heavy atom. The van der Waals surface area contributed by atoms with E-state index in [-0.39, 0.29) is 11.9 Å². The summed E-state index contributed by atoms with van der Waals surface area (Å²) >= 11 is 0. The van der Waals surface area contributed by atoms with Gasteiger partial charge in [0, 0.05) is 24.7 Å². The molecule has 0 saturated carbocycles. The highest BCUT2D eigenvalue weighted by Gasteiger charge is 2.24. The minimum atomic E-state index is 0.127. The van der Waals surface area contributed by atoms with Gasteiger partial charge in [0.1, 0.15) is 0 Å². The summed E-state index contributed by atoms with van der Waals surface area (Å²) in [5.74, 6) is 0.131. The molecule has 1 aliphatic carbocycles. The van der Waals surface area contributed by atoms with Gasteiger partial charge in [-0.25, -0.2) is 0 Å². The van der Waals surface area contributed by atoms with Gasteiger partial charge in [0.15, 0.2) is 0 Å². The van der Waals surface area contributed by atoms with Crippen LogP contribution in [0.4, 0.5) is 0 Å². The Balaban J connectivity index is 1.55. The van der Waals surface area contributed by atoms with E-state index in [4.69, 9.17) is 0 Å². The number of amides is 1. The largest absolute Gasteiger partial charge is 0.349 e. The van der Waals surface area contributed by atoms with E-state index in [1.54, 1.807) is 0 Å². The highest BCUT2D eigenvalue weighted by Crippen LogP contribution is 2.29. The zero-order valence-electron chi connectivity index (χ0n) is 14.0. The summed E-state index contributed by atoms with van der Waals surface area (Å²) < 4.78 is 1.93. The predicted molar refractivity (Wildman–Crippen MR) is 91.2 cm³/mol. The lowest BCUT2D eigenvalue weighted by Gasteiger charge is -2.23. The lowest BCUT2D eigenvalue weighted by atomic mass is 9.93. The van der Waals surface area contributed by atoms with Crippen LogP contribution in [0.5, 0.6) is 0 Å². The second-order valence-corrected chi connectivity index (χ2v) is 6.35. The summed E-state index contributed by atoms with van der Waals surface area (Å²) in [6.45, 7) is 2.15. The van der Waals surface area contributed by atoms with Crippen LogP contribution in [0.1, 0.15) is 54.6 Å². The number of aromatic nitrogens is 2. The topological polar surface area (TPSA) is 46.9 Å². The average molecular weight is 311 g/mol. The Kier molecular flexibility index (Phi) is 4.79. The Labute approximate surface area is 137 Å². The van der Waals surface area contributed by atoms with Crippen molar-refractivity contribution in [2.24, 2.45) is 7.05 Å². The number of nitrogens with zero attached hydrogens (tertiary/aromatic N) is 2. The van der Waals surface area contributed by atoms with Crippen LogP contribution in [0.3, 0.4) is 0 Å². The molecule has 3 rings (SSSR count). The van der Waals surface area contributed by atoms with Crippen LogP contribution in [0.15, 0.2) is 30.5 Å². The minimum Gasteiger partial charge on any atom is -0.349 e.